The van der Waals surface area contributed by atoms with E-state index in [1.807, 2.05) is 41.1 Å². The van der Waals surface area contributed by atoms with Gasteiger partial charge in [0.1, 0.15) is 0 Å². The highest BCUT2D eigenvalue weighted by molar-refractivity contribution is 6.33. The van der Waals surface area contributed by atoms with E-state index >= 15 is 0 Å². The lowest BCUT2D eigenvalue weighted by atomic mass is 10.2. The highest BCUT2D eigenvalue weighted by Gasteiger charge is 2.18. The molecule has 5 nitrogen and oxygen atoms in total. The van der Waals surface area contributed by atoms with Crippen LogP contribution in [0.4, 0.5) is 5.69 Å². The van der Waals surface area contributed by atoms with Crippen molar-refractivity contribution in [1.29, 1.82) is 0 Å². The molecule has 1 fully saturated rings. The number of benzene rings is 1. The molecule has 6 heteroatoms. The summed E-state index contributed by atoms with van der Waals surface area (Å²) in [6.45, 7) is 6.07. The van der Waals surface area contributed by atoms with Crippen LogP contribution in [-0.2, 0) is 0 Å². The van der Waals surface area contributed by atoms with Crippen LogP contribution in [0.1, 0.15) is 12.8 Å². The third-order valence-electron chi connectivity index (χ3n) is 5.07. The Morgan fingerprint density at radius 2 is 1.81 bits per heavy atom. The fourth-order valence-corrected chi connectivity index (χ4v) is 3.83. The van der Waals surface area contributed by atoms with Crippen molar-refractivity contribution in [2.24, 2.45) is 0 Å². The van der Waals surface area contributed by atoms with Crippen molar-refractivity contribution in [2.45, 2.75) is 12.8 Å². The number of rotatable bonds is 7. The van der Waals surface area contributed by atoms with E-state index < -0.39 is 0 Å². The first-order valence-corrected chi connectivity index (χ1v) is 9.95. The van der Waals surface area contributed by atoms with E-state index in [-0.39, 0.29) is 0 Å². The quantitative estimate of drug-likeness (QED) is 0.577. The van der Waals surface area contributed by atoms with E-state index in [1.54, 1.807) is 6.20 Å². The predicted octanol–water partition coefficient (Wildman–Crippen LogP) is 3.97. The van der Waals surface area contributed by atoms with E-state index in [4.69, 9.17) is 16.3 Å². The van der Waals surface area contributed by atoms with Gasteiger partial charge in [-0.15, -0.1) is 0 Å². The normalized spacial score (nSPS) is 15.4. The monoisotopic (exact) mass is 384 g/mol. The molecule has 1 aliphatic heterocycles. The van der Waals surface area contributed by atoms with Crippen molar-refractivity contribution in [1.82, 2.24) is 14.3 Å². The summed E-state index contributed by atoms with van der Waals surface area (Å²) in [5.74, 6) is 0.857. The zero-order chi connectivity index (χ0) is 18.5. The molecule has 27 heavy (non-hydrogen) atoms. The van der Waals surface area contributed by atoms with Crippen molar-refractivity contribution >= 4 is 22.9 Å². The number of aromatic nitrogens is 2. The van der Waals surface area contributed by atoms with Crippen LogP contribution in [0.25, 0.3) is 5.65 Å². The van der Waals surface area contributed by atoms with Crippen LogP contribution in [0.2, 0.25) is 5.02 Å². The lowest BCUT2D eigenvalue weighted by Crippen LogP contribution is -2.46. The summed E-state index contributed by atoms with van der Waals surface area (Å²) >= 11 is 6.32. The van der Waals surface area contributed by atoms with Crippen LogP contribution in [0.5, 0.6) is 5.75 Å². The molecule has 0 spiro atoms. The van der Waals surface area contributed by atoms with Crippen LogP contribution in [0.15, 0.2) is 55.0 Å². The van der Waals surface area contributed by atoms with Crippen LogP contribution < -0.4 is 9.64 Å². The Balaban J connectivity index is 1.17. The Morgan fingerprint density at radius 1 is 0.963 bits per heavy atom. The number of fused-ring (bicyclic) bond motifs is 1. The van der Waals surface area contributed by atoms with Gasteiger partial charge < -0.3 is 14.0 Å². The summed E-state index contributed by atoms with van der Waals surface area (Å²) in [6.07, 6.45) is 7.91. The number of anilines is 1. The number of halogens is 1. The third kappa shape index (κ3) is 4.37. The SMILES string of the molecule is Clc1ccccc1N1CCN(CCCCOc2cccn3ccnc23)CC1. The van der Waals surface area contributed by atoms with Crippen molar-refractivity contribution < 1.29 is 4.74 Å². The van der Waals surface area contributed by atoms with Gasteiger partial charge in [0.25, 0.3) is 0 Å². The van der Waals surface area contributed by atoms with Gasteiger partial charge in [0.05, 0.1) is 17.3 Å². The van der Waals surface area contributed by atoms with Crippen molar-refractivity contribution in [3.8, 4) is 5.75 Å². The first kappa shape index (κ1) is 18.1. The van der Waals surface area contributed by atoms with E-state index in [0.29, 0.717) is 0 Å². The smallest absolute Gasteiger partial charge is 0.179 e. The molecule has 0 unspecified atom stereocenters. The van der Waals surface area contributed by atoms with Gasteiger partial charge >= 0.3 is 0 Å². The molecule has 0 atom stereocenters. The highest BCUT2D eigenvalue weighted by atomic mass is 35.5. The fourth-order valence-electron chi connectivity index (χ4n) is 3.57. The Bertz CT molecular complexity index is 873. The number of ether oxygens (including phenoxy) is 1. The molecule has 142 valence electrons. The summed E-state index contributed by atoms with van der Waals surface area (Å²) < 4.78 is 7.91. The first-order valence-electron chi connectivity index (χ1n) is 9.57. The van der Waals surface area contributed by atoms with Gasteiger partial charge in [-0.2, -0.15) is 0 Å². The largest absolute Gasteiger partial charge is 0.490 e. The number of hydrogen-bond donors (Lipinski definition) is 0. The summed E-state index contributed by atoms with van der Waals surface area (Å²) in [6, 6.07) is 12.1. The van der Waals surface area contributed by atoms with Crippen LogP contribution >= 0.6 is 11.6 Å². The van der Waals surface area contributed by atoms with Gasteiger partial charge in [0.15, 0.2) is 11.4 Å². The maximum Gasteiger partial charge on any atom is 0.179 e. The molecule has 0 radical (unpaired) electrons. The number of imidazole rings is 1. The second kappa shape index (κ2) is 8.63. The average molecular weight is 385 g/mol. The molecule has 0 N–H and O–H groups in total. The van der Waals surface area contributed by atoms with Gasteiger partial charge in [-0.3, -0.25) is 4.90 Å². The third-order valence-corrected chi connectivity index (χ3v) is 5.39. The number of nitrogens with zero attached hydrogens (tertiary/aromatic N) is 4. The lowest BCUT2D eigenvalue weighted by molar-refractivity contribution is 0.239. The second-order valence-electron chi connectivity index (χ2n) is 6.87. The summed E-state index contributed by atoms with van der Waals surface area (Å²) in [4.78, 5) is 9.26. The van der Waals surface area contributed by atoms with E-state index in [2.05, 4.69) is 26.9 Å². The van der Waals surface area contributed by atoms with Gasteiger partial charge in [-0.05, 0) is 43.7 Å². The van der Waals surface area contributed by atoms with Crippen LogP contribution in [0, 0.1) is 0 Å². The minimum Gasteiger partial charge on any atom is -0.490 e. The Morgan fingerprint density at radius 3 is 2.67 bits per heavy atom. The minimum absolute atomic E-state index is 0.728. The van der Waals surface area contributed by atoms with E-state index in [0.717, 1.165) is 74.3 Å². The standard InChI is InChI=1S/C21H25ClN4O/c22-18-6-1-2-7-19(18)25-15-13-24(14-16-25)10-3-4-17-27-20-8-5-11-26-12-9-23-21(20)26/h1-2,5-9,11-12H,3-4,10,13-17H2. The minimum atomic E-state index is 0.728. The molecule has 1 aromatic carbocycles. The van der Waals surface area contributed by atoms with E-state index in [9.17, 15) is 0 Å². The molecule has 0 amide bonds. The van der Waals surface area contributed by atoms with Gasteiger partial charge in [0.2, 0.25) is 0 Å². The molecule has 2 aromatic heterocycles. The van der Waals surface area contributed by atoms with Gasteiger partial charge in [-0.25, -0.2) is 4.98 Å². The number of unbranched alkanes of at least 4 members (excludes halogenated alkanes) is 1. The van der Waals surface area contributed by atoms with Gasteiger partial charge in [-0.1, -0.05) is 23.7 Å². The summed E-state index contributed by atoms with van der Waals surface area (Å²) in [5, 5.41) is 0.843. The average Bonchev–Trinajstić information content (AvgIpc) is 3.18. The Hall–Kier alpha value is -2.24. The van der Waals surface area contributed by atoms with Gasteiger partial charge in [0, 0.05) is 44.8 Å². The molecule has 0 saturated carbocycles. The highest BCUT2D eigenvalue weighted by Crippen LogP contribution is 2.26. The summed E-state index contributed by atoms with van der Waals surface area (Å²) in [7, 11) is 0. The predicted molar refractivity (Wildman–Crippen MR) is 110 cm³/mol. The summed E-state index contributed by atoms with van der Waals surface area (Å²) in [5.41, 5.74) is 2.04. The molecule has 3 aromatic rings. The van der Waals surface area contributed by atoms with Crippen molar-refractivity contribution in [3.05, 3.63) is 60.0 Å². The van der Waals surface area contributed by atoms with E-state index in [1.165, 1.54) is 0 Å². The molecule has 0 bridgehead atoms. The number of pyridine rings is 1. The number of piperazine rings is 1. The topological polar surface area (TPSA) is 33.0 Å². The molecule has 1 saturated heterocycles. The molecule has 4 rings (SSSR count). The maximum absolute atomic E-state index is 6.32. The van der Waals surface area contributed by atoms with Crippen LogP contribution in [0.3, 0.4) is 0 Å². The fraction of sp³-hybridized carbons (Fsp3) is 0.381. The Kier molecular flexibility index (Phi) is 5.80. The second-order valence-corrected chi connectivity index (χ2v) is 7.27. The number of para-hydroxylation sites is 1. The van der Waals surface area contributed by atoms with Crippen molar-refractivity contribution in [3.63, 3.8) is 0 Å². The number of hydrogen-bond acceptors (Lipinski definition) is 4. The molecular formula is C21H25ClN4O. The Labute approximate surface area is 165 Å². The lowest BCUT2D eigenvalue weighted by Gasteiger charge is -2.36. The van der Waals surface area contributed by atoms with Crippen molar-refractivity contribution in [2.75, 3.05) is 44.2 Å². The molecule has 3 heterocycles. The molecule has 0 aliphatic carbocycles. The molecule has 1 aliphatic rings. The first-order chi connectivity index (χ1) is 13.3. The molecular weight excluding hydrogens is 360 g/mol. The zero-order valence-corrected chi connectivity index (χ0v) is 16.2. The van der Waals surface area contributed by atoms with Crippen LogP contribution in [-0.4, -0.2) is 53.6 Å². The zero-order valence-electron chi connectivity index (χ0n) is 15.4. The maximum atomic E-state index is 6.32.